The van der Waals surface area contributed by atoms with E-state index in [1.165, 1.54) is 0 Å². The Labute approximate surface area is 239 Å². The molecule has 1 fully saturated rings. The molecule has 2 N–H and O–H groups in total. The number of halogens is 1. The van der Waals surface area contributed by atoms with E-state index >= 15 is 0 Å². The van der Waals surface area contributed by atoms with Crippen molar-refractivity contribution in [1.82, 2.24) is 10.3 Å². The molecule has 210 valence electrons. The Bertz CT molecular complexity index is 1280. The second-order valence-electron chi connectivity index (χ2n) is 12.2. The van der Waals surface area contributed by atoms with Gasteiger partial charge in [-0.05, 0) is 60.3 Å². The molecule has 0 saturated carbocycles. The minimum Gasteiger partial charge on any atom is -0.416 e. The molecule has 1 saturated heterocycles. The zero-order chi connectivity index (χ0) is 28.2. The van der Waals surface area contributed by atoms with Gasteiger partial charge in [0.15, 0.2) is 8.32 Å². The number of nitrogens with one attached hydrogen (secondary N) is 2. The van der Waals surface area contributed by atoms with Gasteiger partial charge < -0.3 is 20.0 Å². The smallest absolute Gasteiger partial charge is 0.225 e. The molecule has 1 amide bonds. The Morgan fingerprint density at radius 1 is 1.15 bits per heavy atom. The number of carbonyl (C=O) groups is 1. The molecule has 2 aromatic carbocycles. The van der Waals surface area contributed by atoms with Crippen molar-refractivity contribution in [2.24, 2.45) is 0 Å². The summed E-state index contributed by atoms with van der Waals surface area (Å²) in [7, 11) is -1.71. The molecule has 1 unspecified atom stereocenters. The molecule has 0 radical (unpaired) electrons. The van der Waals surface area contributed by atoms with Crippen LogP contribution in [0.15, 0.2) is 54.6 Å². The van der Waals surface area contributed by atoms with Gasteiger partial charge in [-0.15, -0.1) is 0 Å². The number of amides is 1. The molecule has 2 heterocycles. The summed E-state index contributed by atoms with van der Waals surface area (Å²) in [5.74, 6) is 0.998. The molecule has 3 aromatic rings. The van der Waals surface area contributed by atoms with E-state index in [0.29, 0.717) is 23.2 Å². The quantitative estimate of drug-likeness (QED) is 0.200. The highest BCUT2D eigenvalue weighted by atomic mass is 35.5. The maximum absolute atomic E-state index is 12.9. The van der Waals surface area contributed by atoms with Crippen molar-refractivity contribution in [3.8, 4) is 0 Å². The van der Waals surface area contributed by atoms with Crippen LogP contribution >= 0.6 is 11.6 Å². The van der Waals surface area contributed by atoms with Crippen molar-refractivity contribution in [2.75, 3.05) is 36.5 Å². The fourth-order valence-corrected chi connectivity index (χ4v) is 6.02. The van der Waals surface area contributed by atoms with Gasteiger partial charge >= 0.3 is 0 Å². The summed E-state index contributed by atoms with van der Waals surface area (Å²) in [5.41, 5.74) is 2.59. The largest absolute Gasteiger partial charge is 0.416 e. The number of fused-ring (bicyclic) bond motifs is 1. The molecule has 39 heavy (non-hydrogen) atoms. The van der Waals surface area contributed by atoms with Crippen LogP contribution in [-0.4, -0.2) is 51.5 Å². The second-order valence-corrected chi connectivity index (χ2v) is 17.4. The van der Waals surface area contributed by atoms with E-state index in [2.05, 4.69) is 68.5 Å². The predicted molar refractivity (Wildman–Crippen MR) is 167 cm³/mol. The minimum atomic E-state index is -1.71. The number of aromatic nitrogens is 1. The number of benzene rings is 2. The summed E-state index contributed by atoms with van der Waals surface area (Å²) in [6.45, 7) is 16.9. The van der Waals surface area contributed by atoms with Crippen LogP contribution < -0.4 is 15.5 Å². The Balaban J connectivity index is 1.35. The van der Waals surface area contributed by atoms with Crippen molar-refractivity contribution in [3.63, 3.8) is 0 Å². The molecule has 6 nitrogen and oxygen atoms in total. The normalized spacial score (nSPS) is 17.0. The molecule has 1 aromatic heterocycles. The summed E-state index contributed by atoms with van der Waals surface area (Å²) in [5, 5.41) is 8.32. The molecule has 0 aliphatic carbocycles. The van der Waals surface area contributed by atoms with Crippen molar-refractivity contribution in [3.05, 3.63) is 65.2 Å². The van der Waals surface area contributed by atoms with Gasteiger partial charge in [0.2, 0.25) is 5.91 Å². The summed E-state index contributed by atoms with van der Waals surface area (Å²) in [6.07, 6.45) is 1.45. The highest BCUT2D eigenvalue weighted by Crippen LogP contribution is 2.36. The number of pyridine rings is 1. The number of rotatable bonds is 10. The summed E-state index contributed by atoms with van der Waals surface area (Å²) < 4.78 is 6.31. The highest BCUT2D eigenvalue weighted by molar-refractivity contribution is 6.74. The first-order valence-corrected chi connectivity index (χ1v) is 17.3. The molecule has 0 bridgehead atoms. The van der Waals surface area contributed by atoms with E-state index in [1.807, 2.05) is 42.5 Å². The fourth-order valence-electron chi connectivity index (χ4n) is 4.76. The van der Waals surface area contributed by atoms with Gasteiger partial charge in [-0.3, -0.25) is 4.79 Å². The lowest BCUT2D eigenvalue weighted by atomic mass is 9.97. The first-order chi connectivity index (χ1) is 18.4. The van der Waals surface area contributed by atoms with Gasteiger partial charge in [-0.1, -0.05) is 69.6 Å². The van der Waals surface area contributed by atoms with E-state index < -0.39 is 8.32 Å². The molecule has 2 atom stereocenters. The van der Waals surface area contributed by atoms with Crippen LogP contribution in [0.1, 0.15) is 52.0 Å². The summed E-state index contributed by atoms with van der Waals surface area (Å²) in [6, 6.07) is 18.3. The Hall–Kier alpha value is -2.45. The van der Waals surface area contributed by atoms with Gasteiger partial charge in [-0.25, -0.2) is 4.98 Å². The van der Waals surface area contributed by atoms with Gasteiger partial charge in [0, 0.05) is 44.1 Å². The lowest BCUT2D eigenvalue weighted by molar-refractivity contribution is -0.116. The Morgan fingerprint density at radius 3 is 2.62 bits per heavy atom. The van der Waals surface area contributed by atoms with Crippen molar-refractivity contribution in [2.45, 2.75) is 70.6 Å². The maximum Gasteiger partial charge on any atom is 0.225 e. The zero-order valence-corrected chi connectivity index (χ0v) is 25.9. The third kappa shape index (κ3) is 7.40. The van der Waals surface area contributed by atoms with Crippen LogP contribution in [0.4, 0.5) is 11.5 Å². The minimum absolute atomic E-state index is 0.0594. The lowest BCUT2D eigenvalue weighted by Crippen LogP contribution is -2.43. The van der Waals surface area contributed by atoms with E-state index in [1.54, 1.807) is 0 Å². The van der Waals surface area contributed by atoms with E-state index in [4.69, 9.17) is 21.0 Å². The van der Waals surface area contributed by atoms with Crippen LogP contribution in [0, 0.1) is 0 Å². The summed E-state index contributed by atoms with van der Waals surface area (Å²) >= 11 is 6.53. The number of anilines is 2. The van der Waals surface area contributed by atoms with E-state index in [-0.39, 0.29) is 16.9 Å². The molecular weight excluding hydrogens is 524 g/mol. The second kappa shape index (κ2) is 12.4. The number of hydrogen-bond donors (Lipinski definition) is 2. The van der Waals surface area contributed by atoms with Gasteiger partial charge in [0.05, 0.1) is 16.2 Å². The summed E-state index contributed by atoms with van der Waals surface area (Å²) in [4.78, 5) is 20.2. The molecular formula is C31H43ClN4O2Si. The van der Waals surface area contributed by atoms with Crippen LogP contribution in [0.25, 0.3) is 10.9 Å². The molecule has 1 aliphatic heterocycles. The Kier molecular flexibility index (Phi) is 9.37. The fraction of sp³-hybridized carbons (Fsp3) is 0.484. The maximum atomic E-state index is 12.9. The van der Waals surface area contributed by atoms with Gasteiger partial charge in [-0.2, -0.15) is 0 Å². The van der Waals surface area contributed by atoms with Crippen LogP contribution in [0.5, 0.6) is 0 Å². The zero-order valence-electron chi connectivity index (χ0n) is 24.2. The van der Waals surface area contributed by atoms with Gasteiger partial charge in [0.1, 0.15) is 5.82 Å². The standard InChI is InChI=1S/C31H43ClN4O2Si/c1-22(23-10-8-7-9-11-23)20-29(37)35-30-25-12-15-28(34-27(25)14-13-26(30)32)36-18-16-24(21-36)33-17-19-38-39(5,6)31(2,3)4/h7-15,22,24,33H,16-21H2,1-6H3,(H,35,37)/t22?,24-/m0/s1. The Morgan fingerprint density at radius 2 is 1.90 bits per heavy atom. The van der Waals surface area contributed by atoms with E-state index in [9.17, 15) is 4.79 Å². The molecule has 1 aliphatic rings. The average Bonchev–Trinajstić information content (AvgIpc) is 3.37. The number of carbonyl (C=O) groups excluding carboxylic acids is 1. The van der Waals surface area contributed by atoms with Crippen LogP contribution in [0.2, 0.25) is 23.2 Å². The van der Waals surface area contributed by atoms with Crippen LogP contribution in [0.3, 0.4) is 0 Å². The SMILES string of the molecule is CC(CC(=O)Nc1c(Cl)ccc2nc(N3CC[C@H](NCCO[Si](C)(C)C(C)(C)C)C3)ccc12)c1ccccc1. The monoisotopic (exact) mass is 566 g/mol. The highest BCUT2D eigenvalue weighted by Gasteiger charge is 2.37. The van der Waals surface area contributed by atoms with Gasteiger partial charge in [0.25, 0.3) is 0 Å². The molecule has 0 spiro atoms. The van der Waals surface area contributed by atoms with Crippen molar-refractivity contribution < 1.29 is 9.22 Å². The first-order valence-electron chi connectivity index (χ1n) is 14.0. The third-order valence-corrected chi connectivity index (χ3v) is 13.1. The molecule has 4 rings (SSSR count). The topological polar surface area (TPSA) is 66.5 Å². The van der Waals surface area contributed by atoms with E-state index in [0.717, 1.165) is 54.9 Å². The van der Waals surface area contributed by atoms with Crippen molar-refractivity contribution >= 4 is 48.2 Å². The van der Waals surface area contributed by atoms with Crippen LogP contribution in [-0.2, 0) is 9.22 Å². The lowest BCUT2D eigenvalue weighted by Gasteiger charge is -2.36. The third-order valence-electron chi connectivity index (χ3n) is 8.25. The number of nitrogens with zero attached hydrogens (tertiary/aromatic N) is 2. The first kappa shape index (κ1) is 29.5. The van der Waals surface area contributed by atoms with Crippen molar-refractivity contribution in [1.29, 1.82) is 0 Å². The average molecular weight is 567 g/mol. The number of hydrogen-bond acceptors (Lipinski definition) is 5. The predicted octanol–water partition coefficient (Wildman–Crippen LogP) is 7.21. The molecule has 8 heteroatoms.